The van der Waals surface area contributed by atoms with Crippen molar-refractivity contribution < 1.29 is 9.21 Å². The maximum absolute atomic E-state index is 12.0. The van der Waals surface area contributed by atoms with Gasteiger partial charge in [0.05, 0.1) is 18.1 Å². The van der Waals surface area contributed by atoms with Gasteiger partial charge in [0.15, 0.2) is 0 Å². The number of rotatable bonds is 7. The molecule has 0 aliphatic carbocycles. The first-order valence-corrected chi connectivity index (χ1v) is 8.21. The zero-order valence-corrected chi connectivity index (χ0v) is 14.0. The number of furan rings is 1. The Bertz CT molecular complexity index is 579. The Morgan fingerprint density at radius 2 is 2.00 bits per heavy atom. The van der Waals surface area contributed by atoms with E-state index in [-0.39, 0.29) is 11.9 Å². The van der Waals surface area contributed by atoms with Crippen LogP contribution in [-0.4, -0.2) is 37.2 Å². The first kappa shape index (κ1) is 16.6. The number of thioether (sulfide) groups is 1. The predicted molar refractivity (Wildman–Crippen MR) is 90.0 cm³/mol. The highest BCUT2D eigenvalue weighted by Crippen LogP contribution is 2.19. The lowest BCUT2D eigenvalue weighted by molar-refractivity contribution is -0.118. The zero-order valence-electron chi connectivity index (χ0n) is 13.2. The third-order valence-electron chi connectivity index (χ3n) is 3.38. The van der Waals surface area contributed by atoms with Crippen molar-refractivity contribution in [2.75, 3.05) is 26.4 Å². The van der Waals surface area contributed by atoms with Crippen molar-refractivity contribution in [2.24, 2.45) is 0 Å². The predicted octanol–water partition coefficient (Wildman–Crippen LogP) is 3.10. The molecule has 0 aliphatic rings. The summed E-state index contributed by atoms with van der Waals surface area (Å²) in [5, 5.41) is 2.97. The maximum atomic E-state index is 12.0. The number of hydrogen-bond donors (Lipinski definition) is 1. The highest BCUT2D eigenvalue weighted by atomic mass is 32.2. The van der Waals surface area contributed by atoms with Crippen LogP contribution >= 0.6 is 11.8 Å². The number of hydrogen-bond acceptors (Lipinski definition) is 4. The number of aryl methyl sites for hydroxylation is 1. The summed E-state index contributed by atoms with van der Waals surface area (Å²) in [7, 11) is 3.95. The van der Waals surface area contributed by atoms with Gasteiger partial charge in [-0.1, -0.05) is 17.7 Å². The third-order valence-corrected chi connectivity index (χ3v) is 4.39. The fraction of sp³-hybridized carbons (Fsp3) is 0.353. The lowest BCUT2D eigenvalue weighted by Crippen LogP contribution is -2.35. The van der Waals surface area contributed by atoms with Gasteiger partial charge in [-0.15, -0.1) is 11.8 Å². The minimum atomic E-state index is 0.0315. The number of nitrogens with one attached hydrogen (secondary N) is 1. The molecule has 0 fully saturated rings. The molecule has 1 N–H and O–H groups in total. The molecule has 0 saturated heterocycles. The van der Waals surface area contributed by atoms with Crippen LogP contribution in [0.3, 0.4) is 0 Å². The molecule has 1 amide bonds. The molecule has 0 saturated carbocycles. The van der Waals surface area contributed by atoms with Gasteiger partial charge in [-0.05, 0) is 45.3 Å². The fourth-order valence-corrected chi connectivity index (χ4v) is 2.79. The summed E-state index contributed by atoms with van der Waals surface area (Å²) >= 11 is 1.55. The Morgan fingerprint density at radius 3 is 2.59 bits per heavy atom. The number of likely N-dealkylation sites (N-methyl/N-ethyl adjacent to an activating group) is 1. The molecule has 1 heterocycles. The molecule has 4 nitrogen and oxygen atoms in total. The van der Waals surface area contributed by atoms with Crippen LogP contribution in [-0.2, 0) is 4.79 Å². The van der Waals surface area contributed by atoms with Crippen molar-refractivity contribution >= 4 is 17.7 Å². The van der Waals surface area contributed by atoms with Crippen molar-refractivity contribution in [3.63, 3.8) is 0 Å². The van der Waals surface area contributed by atoms with Crippen LogP contribution in [0, 0.1) is 6.92 Å². The Morgan fingerprint density at radius 1 is 1.27 bits per heavy atom. The van der Waals surface area contributed by atoms with Gasteiger partial charge in [-0.25, -0.2) is 0 Å². The minimum absolute atomic E-state index is 0.0315. The van der Waals surface area contributed by atoms with E-state index in [1.165, 1.54) is 5.56 Å². The van der Waals surface area contributed by atoms with Gasteiger partial charge >= 0.3 is 0 Å². The number of carbonyl (C=O) groups is 1. The van der Waals surface area contributed by atoms with E-state index >= 15 is 0 Å². The van der Waals surface area contributed by atoms with Crippen molar-refractivity contribution in [3.05, 3.63) is 54.0 Å². The van der Waals surface area contributed by atoms with Gasteiger partial charge in [0.1, 0.15) is 5.76 Å². The average molecular weight is 318 g/mol. The highest BCUT2D eigenvalue weighted by Gasteiger charge is 2.17. The van der Waals surface area contributed by atoms with Crippen LogP contribution in [0.5, 0.6) is 0 Å². The molecular formula is C17H22N2O2S. The van der Waals surface area contributed by atoms with Crippen LogP contribution in [0.1, 0.15) is 17.4 Å². The summed E-state index contributed by atoms with van der Waals surface area (Å²) < 4.78 is 5.43. The molecule has 1 aromatic carbocycles. The third kappa shape index (κ3) is 4.93. The summed E-state index contributed by atoms with van der Waals surface area (Å²) in [6.07, 6.45) is 1.65. The van der Waals surface area contributed by atoms with Crippen LogP contribution in [0.4, 0.5) is 0 Å². The molecule has 0 spiro atoms. The van der Waals surface area contributed by atoms with Gasteiger partial charge in [-0.3, -0.25) is 9.69 Å². The minimum Gasteiger partial charge on any atom is -0.468 e. The van der Waals surface area contributed by atoms with Gasteiger partial charge in [0.2, 0.25) is 5.91 Å². The fourth-order valence-electron chi connectivity index (χ4n) is 2.06. The molecular weight excluding hydrogens is 296 g/mol. The first-order chi connectivity index (χ1) is 10.6. The Balaban J connectivity index is 1.80. The molecule has 0 radical (unpaired) electrons. The number of benzene rings is 1. The van der Waals surface area contributed by atoms with Crippen LogP contribution in [0.15, 0.2) is 52.0 Å². The van der Waals surface area contributed by atoms with E-state index in [4.69, 9.17) is 4.42 Å². The second-order valence-corrected chi connectivity index (χ2v) is 6.45. The van der Waals surface area contributed by atoms with Crippen molar-refractivity contribution in [1.82, 2.24) is 10.2 Å². The van der Waals surface area contributed by atoms with Crippen LogP contribution in [0.2, 0.25) is 0 Å². The first-order valence-electron chi connectivity index (χ1n) is 7.22. The largest absolute Gasteiger partial charge is 0.468 e. The SMILES string of the molecule is Cc1ccc(SCC(=O)NCC(c2ccco2)N(C)C)cc1. The Kier molecular flexibility index (Phi) is 6.10. The molecule has 1 atom stereocenters. The lowest BCUT2D eigenvalue weighted by atomic mass is 10.2. The molecule has 118 valence electrons. The second kappa shape index (κ2) is 8.06. The van der Waals surface area contributed by atoms with Crippen molar-refractivity contribution in [3.8, 4) is 0 Å². The highest BCUT2D eigenvalue weighted by molar-refractivity contribution is 8.00. The maximum Gasteiger partial charge on any atom is 0.230 e. The van der Waals surface area contributed by atoms with E-state index < -0.39 is 0 Å². The monoisotopic (exact) mass is 318 g/mol. The molecule has 22 heavy (non-hydrogen) atoms. The van der Waals surface area contributed by atoms with E-state index in [0.29, 0.717) is 12.3 Å². The van der Waals surface area contributed by atoms with Crippen LogP contribution in [0.25, 0.3) is 0 Å². The lowest BCUT2D eigenvalue weighted by Gasteiger charge is -2.22. The van der Waals surface area contributed by atoms with Crippen molar-refractivity contribution in [1.29, 1.82) is 0 Å². The summed E-state index contributed by atoms with van der Waals surface area (Å²) in [6, 6.07) is 12.0. The molecule has 0 aliphatic heterocycles. The van der Waals surface area contributed by atoms with E-state index in [0.717, 1.165) is 10.7 Å². The van der Waals surface area contributed by atoms with Crippen LogP contribution < -0.4 is 5.32 Å². The number of amides is 1. The normalized spacial score (nSPS) is 12.4. The van der Waals surface area contributed by atoms with E-state index in [2.05, 4.69) is 24.4 Å². The van der Waals surface area contributed by atoms with Gasteiger partial charge in [-0.2, -0.15) is 0 Å². The van der Waals surface area contributed by atoms with E-state index in [1.807, 2.05) is 43.3 Å². The second-order valence-electron chi connectivity index (χ2n) is 5.40. The summed E-state index contributed by atoms with van der Waals surface area (Å²) in [5.41, 5.74) is 1.22. The molecule has 1 aromatic heterocycles. The molecule has 5 heteroatoms. The quantitative estimate of drug-likeness (QED) is 0.797. The number of carbonyl (C=O) groups excluding carboxylic acids is 1. The van der Waals surface area contributed by atoms with E-state index in [9.17, 15) is 4.79 Å². The van der Waals surface area contributed by atoms with Crippen molar-refractivity contribution in [2.45, 2.75) is 17.9 Å². The van der Waals surface area contributed by atoms with Gasteiger partial charge < -0.3 is 9.73 Å². The standard InChI is InChI=1S/C17H22N2O2S/c1-13-6-8-14(9-7-13)22-12-17(20)18-11-15(19(2)3)16-5-4-10-21-16/h4-10,15H,11-12H2,1-3H3,(H,18,20). The smallest absolute Gasteiger partial charge is 0.230 e. The van der Waals surface area contributed by atoms with Gasteiger partial charge in [0.25, 0.3) is 0 Å². The summed E-state index contributed by atoms with van der Waals surface area (Å²) in [4.78, 5) is 15.1. The van der Waals surface area contributed by atoms with Gasteiger partial charge in [0, 0.05) is 11.4 Å². The topological polar surface area (TPSA) is 45.5 Å². The molecule has 2 rings (SSSR count). The molecule has 2 aromatic rings. The Hall–Kier alpha value is -1.72. The molecule has 0 bridgehead atoms. The summed E-state index contributed by atoms with van der Waals surface area (Å²) in [6.45, 7) is 2.59. The van der Waals surface area contributed by atoms with E-state index in [1.54, 1.807) is 18.0 Å². The summed E-state index contributed by atoms with van der Waals surface area (Å²) in [5.74, 6) is 1.31. The molecule has 1 unspecified atom stereocenters. The Labute approximate surface area is 135 Å². The average Bonchev–Trinajstić information content (AvgIpc) is 3.00. The zero-order chi connectivity index (χ0) is 15.9. The number of nitrogens with zero attached hydrogens (tertiary/aromatic N) is 1.